The quantitative estimate of drug-likeness (QED) is 0.107. The molecule has 2 aliphatic rings. The summed E-state index contributed by atoms with van der Waals surface area (Å²) < 4.78 is 15.2. The Morgan fingerprint density at radius 2 is 0.703 bits per heavy atom. The minimum atomic E-state index is -2.29. The van der Waals surface area contributed by atoms with E-state index in [9.17, 15) is 0 Å². The first kappa shape index (κ1) is 55.9. The Hall–Kier alpha value is -2.45. The molecule has 0 spiro atoms. The first-order valence-corrected chi connectivity index (χ1v) is 31.3. The molecule has 2 aliphatic heterocycles. The van der Waals surface area contributed by atoms with Gasteiger partial charge in [-0.05, 0) is 59.7 Å². The molecule has 0 N–H and O–H groups in total. The van der Waals surface area contributed by atoms with E-state index in [1.807, 2.05) is 34.8 Å². The molecule has 0 fully saturated rings. The van der Waals surface area contributed by atoms with Gasteiger partial charge in [-0.2, -0.15) is 29.4 Å². The van der Waals surface area contributed by atoms with Crippen LogP contribution in [-0.4, -0.2) is 81.8 Å². The van der Waals surface area contributed by atoms with Gasteiger partial charge >= 0.3 is 259 Å². The van der Waals surface area contributed by atoms with Gasteiger partial charge in [0.25, 0.3) is 0 Å². The number of aromatic nitrogens is 6. The van der Waals surface area contributed by atoms with E-state index >= 15 is 0 Å². The normalized spacial score (nSPS) is 12.8. The zero-order chi connectivity index (χ0) is 47.0. The summed E-state index contributed by atoms with van der Waals surface area (Å²) in [6.45, 7) is 29.6. The van der Waals surface area contributed by atoms with Crippen LogP contribution in [0.5, 0.6) is 0 Å². The minimum Gasteiger partial charge on any atom is -0.668 e. The first-order chi connectivity index (χ1) is 29.6. The predicted octanol–water partition coefficient (Wildman–Crippen LogP) is 12.2. The molecule has 2 aromatic carbocycles. The maximum atomic E-state index is 6.05. The first-order valence-electron chi connectivity index (χ1n) is 21.3. The molecule has 0 saturated heterocycles. The summed E-state index contributed by atoms with van der Waals surface area (Å²) in [5.74, 6) is 0. The maximum absolute atomic E-state index is 6.05. The smallest absolute Gasteiger partial charge is 0.238 e. The van der Waals surface area contributed by atoms with Gasteiger partial charge in [0.05, 0.1) is 17.1 Å². The van der Waals surface area contributed by atoms with E-state index in [1.54, 1.807) is 14.1 Å². The molecule has 0 saturated carbocycles. The zero-order valence-corrected chi connectivity index (χ0v) is 46.9. The summed E-state index contributed by atoms with van der Waals surface area (Å²) in [7, 11) is 27.6. The summed E-state index contributed by atoms with van der Waals surface area (Å²) in [6, 6.07) is 24.4. The monoisotopic (exact) mass is 1020 g/mol. The van der Waals surface area contributed by atoms with Crippen LogP contribution in [0.4, 0.5) is 22.7 Å². The van der Waals surface area contributed by atoms with Crippen LogP contribution in [0.15, 0.2) is 73.4 Å². The fraction of sp³-hybridized carbons (Fsp3) is 0.488. The fourth-order valence-electron chi connectivity index (χ4n) is 8.12. The van der Waals surface area contributed by atoms with Crippen LogP contribution < -0.4 is 19.2 Å². The summed E-state index contributed by atoms with van der Waals surface area (Å²) >= 11 is -4.58. The summed E-state index contributed by atoms with van der Waals surface area (Å²) in [5, 5.41) is 17.5. The van der Waals surface area contributed by atoms with Crippen LogP contribution in [0.2, 0.25) is 0 Å². The van der Waals surface area contributed by atoms with Crippen molar-refractivity contribution in [1.82, 2.24) is 29.3 Å². The van der Waals surface area contributed by atoms with Crippen LogP contribution in [-0.2, 0) is 31.1 Å². The Morgan fingerprint density at radius 1 is 0.484 bits per heavy atom. The molecule has 5 aromatic rings. The van der Waals surface area contributed by atoms with E-state index in [0.29, 0.717) is 24.2 Å². The maximum Gasteiger partial charge on any atom is 0.238 e. The van der Waals surface area contributed by atoms with Crippen molar-refractivity contribution in [3.05, 3.63) is 114 Å². The molecule has 0 unspecified atom stereocenters. The number of aryl methyl sites for hydroxylation is 6. The van der Waals surface area contributed by atoms with Crippen LogP contribution >= 0.6 is 37.2 Å². The Kier molecular flexibility index (Phi) is 21.9. The molecule has 0 amide bonds. The standard InChI is InChI=1S/C16H22N6.2C12H18BN3.C2H6N.CH3.4ClH.2Ti/c1-10-7-13(4)20(17-10)16(21-14(5)8-11(2)18-21)22-15(6)9-12(3)19-22;2*1-9(2)15-11-7-5-6-8-12(11)16(10(3)4)13(15)14;1-3-2;;;;;;;/h7-9,16H,1-6H3;2*5-10H,1-4H3;1-2H3;1H3;4*1H;;/q;;;2*-1;;;;;2*+2/p-4. The number of para-hydroxylation sites is 4. The van der Waals surface area contributed by atoms with E-state index in [0.717, 1.165) is 34.2 Å². The van der Waals surface area contributed by atoms with Crippen molar-refractivity contribution in [2.45, 2.75) is 127 Å². The average molecular weight is 1030 g/mol. The third-order valence-corrected chi connectivity index (χ3v) is 13.3. The number of nitrogens with zero attached hydrogens (tertiary/aromatic N) is 13. The number of halogens is 4. The average Bonchev–Trinajstić information content (AvgIpc) is 3.96. The molecule has 0 aliphatic carbocycles. The second kappa shape index (κ2) is 25.1. The van der Waals surface area contributed by atoms with Crippen LogP contribution in [0.1, 0.15) is 95.8 Å². The molecular formula is C43H67B2Cl4N13Ti2-2. The Balaban J connectivity index is 0.000000246. The fourth-order valence-corrected chi connectivity index (χ4v) is 10.9. The minimum absolute atomic E-state index is 0. The summed E-state index contributed by atoms with van der Waals surface area (Å²) in [5.41, 5.74) is 11.1. The van der Waals surface area contributed by atoms with Gasteiger partial charge in [0.15, 0.2) is 0 Å². The molecular weight excluding hydrogens is 958 g/mol. The van der Waals surface area contributed by atoms with Crippen LogP contribution in [0, 0.1) is 49.0 Å². The second-order valence-electron chi connectivity index (χ2n) is 16.8. The van der Waals surface area contributed by atoms with Crippen molar-refractivity contribution < 1.29 is 31.1 Å². The molecule has 13 nitrogen and oxygen atoms in total. The number of benzene rings is 2. The molecule has 7 rings (SSSR count). The van der Waals surface area contributed by atoms with Crippen molar-refractivity contribution in [1.29, 1.82) is 0 Å². The van der Waals surface area contributed by atoms with Gasteiger partial charge in [-0.15, -0.1) is 0 Å². The summed E-state index contributed by atoms with van der Waals surface area (Å²) in [6.07, 6.45) is -0.226. The van der Waals surface area contributed by atoms with E-state index in [-0.39, 0.29) is 28.0 Å². The molecule has 348 valence electrons. The van der Waals surface area contributed by atoms with Crippen LogP contribution in [0.3, 0.4) is 0 Å². The number of hydrogen-bond acceptors (Lipinski definition) is 9. The van der Waals surface area contributed by atoms with Gasteiger partial charge in [0.2, 0.25) is 6.29 Å². The van der Waals surface area contributed by atoms with E-state index in [4.69, 9.17) is 37.2 Å². The van der Waals surface area contributed by atoms with Crippen molar-refractivity contribution in [2.75, 3.05) is 33.3 Å². The van der Waals surface area contributed by atoms with Gasteiger partial charge in [-0.3, -0.25) is 0 Å². The molecule has 3 aromatic heterocycles. The van der Waals surface area contributed by atoms with Gasteiger partial charge in [-0.25, -0.2) is 14.0 Å². The predicted molar refractivity (Wildman–Crippen MR) is 270 cm³/mol. The summed E-state index contributed by atoms with van der Waals surface area (Å²) in [4.78, 5) is 9.19. The largest absolute Gasteiger partial charge is 0.668 e. The molecule has 64 heavy (non-hydrogen) atoms. The van der Waals surface area contributed by atoms with Crippen molar-refractivity contribution >= 4 is 74.2 Å². The van der Waals surface area contributed by atoms with Gasteiger partial charge in [-0.1, -0.05) is 0 Å². The number of rotatable bonds is 9. The second-order valence-corrected chi connectivity index (χ2v) is 26.6. The molecule has 0 bridgehead atoms. The van der Waals surface area contributed by atoms with Crippen molar-refractivity contribution in [3.63, 3.8) is 0 Å². The molecule has 21 heteroatoms. The van der Waals surface area contributed by atoms with Gasteiger partial charge < -0.3 is 12.7 Å². The number of fused-ring (bicyclic) bond motifs is 2. The van der Waals surface area contributed by atoms with Gasteiger partial charge in [0.1, 0.15) is 0 Å². The Labute approximate surface area is 412 Å². The van der Waals surface area contributed by atoms with Crippen LogP contribution in [0.25, 0.3) is 5.32 Å². The zero-order valence-electron chi connectivity index (χ0n) is 40.7. The van der Waals surface area contributed by atoms with E-state index < -0.39 is 31.1 Å². The third-order valence-electron chi connectivity index (χ3n) is 10.3. The number of anilines is 4. The topological polar surface area (TPSA) is 105 Å². The Bertz CT molecular complexity index is 2050. The SMILES string of the molecule is CC(C)N1B([N]=[Ti]([Cl])[Cl])N(C(C)C)c2ccccc21.CC(C)N1B([N]=[Ti]([Cl])[Cl])N(C(C)C)c2ccccc21.C[N-]C.Cc1cc(C)n(C(n2nc(C)cc2C)n2nc(C)cc2C)n1.[CH3-]. The Morgan fingerprint density at radius 3 is 0.859 bits per heavy atom. The molecule has 0 atom stereocenters. The van der Waals surface area contributed by atoms with Crippen molar-refractivity contribution in [3.8, 4) is 0 Å². The van der Waals surface area contributed by atoms with Crippen molar-refractivity contribution in [2.24, 2.45) is 6.66 Å². The third kappa shape index (κ3) is 13.4. The molecule has 5 heterocycles. The van der Waals surface area contributed by atoms with Gasteiger partial charge in [0, 0.05) is 17.1 Å². The molecule has 0 radical (unpaired) electrons. The van der Waals surface area contributed by atoms with E-state index in [1.165, 1.54) is 22.7 Å². The van der Waals surface area contributed by atoms with E-state index in [2.05, 4.69) is 189 Å². The number of hydrogen-bond donors (Lipinski definition) is 0.